The van der Waals surface area contributed by atoms with Crippen molar-refractivity contribution in [1.82, 2.24) is 25.6 Å². The van der Waals surface area contributed by atoms with Crippen molar-refractivity contribution in [3.05, 3.63) is 59.2 Å². The molecule has 0 bridgehead atoms. The van der Waals surface area contributed by atoms with Gasteiger partial charge in [-0.25, -0.2) is 0 Å². The largest absolute Gasteiger partial charge is 0.399 e. The standard InChI is InChI=1S/C15H14N6O2/c16-11-3-1-9(2-4-11)5-12-6-10(8-17-12)7-13(22)14(23)15-18-20-21-19-15/h1-4,6,8,17H,5,7,16H2,(H,18,19,20,21). The number of Topliss-reactive ketones (excluding diaryl/α,β-unsaturated/α-hetero) is 2. The maximum atomic E-state index is 11.9. The van der Waals surface area contributed by atoms with Crippen molar-refractivity contribution in [2.75, 3.05) is 5.73 Å². The van der Waals surface area contributed by atoms with Gasteiger partial charge in [-0.1, -0.05) is 12.1 Å². The Morgan fingerprint density at radius 1 is 1.13 bits per heavy atom. The fourth-order valence-electron chi connectivity index (χ4n) is 2.20. The van der Waals surface area contributed by atoms with Crippen LogP contribution in [0.1, 0.15) is 27.4 Å². The number of nitrogens with one attached hydrogen (secondary N) is 2. The number of hydrogen-bond donors (Lipinski definition) is 3. The van der Waals surface area contributed by atoms with E-state index in [4.69, 9.17) is 5.73 Å². The summed E-state index contributed by atoms with van der Waals surface area (Å²) in [7, 11) is 0. The van der Waals surface area contributed by atoms with E-state index in [1.165, 1.54) is 0 Å². The topological polar surface area (TPSA) is 130 Å². The number of ketones is 2. The van der Waals surface area contributed by atoms with Crippen LogP contribution in [0.25, 0.3) is 0 Å². The van der Waals surface area contributed by atoms with Crippen LogP contribution < -0.4 is 5.73 Å². The molecule has 2 heterocycles. The minimum Gasteiger partial charge on any atom is -0.399 e. The third-order valence-corrected chi connectivity index (χ3v) is 3.34. The van der Waals surface area contributed by atoms with Gasteiger partial charge in [0.15, 0.2) is 0 Å². The van der Waals surface area contributed by atoms with E-state index in [9.17, 15) is 9.59 Å². The zero-order valence-corrected chi connectivity index (χ0v) is 12.1. The lowest BCUT2D eigenvalue weighted by Gasteiger charge is -1.99. The van der Waals surface area contributed by atoms with E-state index in [2.05, 4.69) is 25.6 Å². The molecule has 3 rings (SSSR count). The summed E-state index contributed by atoms with van der Waals surface area (Å²) in [4.78, 5) is 26.8. The minimum atomic E-state index is -0.750. The molecule has 0 saturated heterocycles. The Bertz CT molecular complexity index is 820. The molecule has 8 heteroatoms. The maximum absolute atomic E-state index is 11.9. The maximum Gasteiger partial charge on any atom is 0.269 e. The third kappa shape index (κ3) is 3.49. The van der Waals surface area contributed by atoms with Crippen LogP contribution in [0.3, 0.4) is 0 Å². The van der Waals surface area contributed by atoms with E-state index in [0.29, 0.717) is 12.1 Å². The number of hydrogen-bond acceptors (Lipinski definition) is 6. The van der Waals surface area contributed by atoms with Gasteiger partial charge < -0.3 is 10.7 Å². The molecule has 0 unspecified atom stereocenters. The van der Waals surface area contributed by atoms with Gasteiger partial charge in [0.2, 0.25) is 11.6 Å². The first-order valence-corrected chi connectivity index (χ1v) is 6.93. The normalized spacial score (nSPS) is 10.6. The summed E-state index contributed by atoms with van der Waals surface area (Å²) in [6, 6.07) is 9.43. The molecule has 0 radical (unpaired) electrons. The Kier molecular flexibility index (Phi) is 3.96. The average Bonchev–Trinajstić information content (AvgIpc) is 3.21. The second-order valence-corrected chi connectivity index (χ2v) is 5.12. The van der Waals surface area contributed by atoms with Crippen LogP contribution >= 0.6 is 0 Å². The number of carbonyl (C=O) groups is 2. The van der Waals surface area contributed by atoms with Crippen LogP contribution in [0, 0.1) is 0 Å². The Morgan fingerprint density at radius 3 is 2.61 bits per heavy atom. The number of H-pyrrole nitrogens is 2. The molecule has 0 amide bonds. The molecule has 2 aromatic heterocycles. The van der Waals surface area contributed by atoms with Crippen LogP contribution in [0.4, 0.5) is 5.69 Å². The molecule has 0 saturated carbocycles. The number of anilines is 1. The number of aromatic nitrogens is 5. The Hall–Kier alpha value is -3.29. The van der Waals surface area contributed by atoms with Crippen molar-refractivity contribution >= 4 is 17.3 Å². The molecule has 0 spiro atoms. The monoisotopic (exact) mass is 310 g/mol. The first-order chi connectivity index (χ1) is 11.1. The number of nitrogen functional groups attached to an aromatic ring is 1. The molecule has 23 heavy (non-hydrogen) atoms. The van der Waals surface area contributed by atoms with Crippen LogP contribution in [0.15, 0.2) is 36.5 Å². The first kappa shape index (κ1) is 14.6. The summed E-state index contributed by atoms with van der Waals surface area (Å²) in [5.41, 5.74) is 9.15. The van der Waals surface area contributed by atoms with Gasteiger partial charge >= 0.3 is 0 Å². The number of benzene rings is 1. The summed E-state index contributed by atoms with van der Waals surface area (Å²) >= 11 is 0. The lowest BCUT2D eigenvalue weighted by Crippen LogP contribution is -2.18. The van der Waals surface area contributed by atoms with E-state index in [1.54, 1.807) is 6.20 Å². The minimum absolute atomic E-state index is 0.00832. The predicted octanol–water partition coefficient (Wildman–Crippen LogP) is 0.695. The zero-order chi connectivity index (χ0) is 16.2. The van der Waals surface area contributed by atoms with E-state index < -0.39 is 11.6 Å². The molecule has 0 aliphatic rings. The zero-order valence-electron chi connectivity index (χ0n) is 12.1. The highest BCUT2D eigenvalue weighted by Gasteiger charge is 2.21. The number of rotatable bonds is 6. The lowest BCUT2D eigenvalue weighted by molar-refractivity contribution is -0.114. The van der Waals surface area contributed by atoms with Crippen LogP contribution in [-0.2, 0) is 17.6 Å². The van der Waals surface area contributed by atoms with Crippen molar-refractivity contribution < 1.29 is 9.59 Å². The number of carbonyl (C=O) groups excluding carboxylic acids is 2. The van der Waals surface area contributed by atoms with E-state index >= 15 is 0 Å². The van der Waals surface area contributed by atoms with Crippen LogP contribution in [-0.4, -0.2) is 37.2 Å². The fraction of sp³-hybridized carbons (Fsp3) is 0.133. The fourth-order valence-corrected chi connectivity index (χ4v) is 2.20. The molecular weight excluding hydrogens is 296 g/mol. The van der Waals surface area contributed by atoms with Crippen molar-refractivity contribution in [1.29, 1.82) is 0 Å². The summed E-state index contributed by atoms with van der Waals surface area (Å²) in [6.45, 7) is 0. The van der Waals surface area contributed by atoms with Crippen molar-refractivity contribution in [3.63, 3.8) is 0 Å². The van der Waals surface area contributed by atoms with Gasteiger partial charge in [-0.05, 0) is 34.5 Å². The van der Waals surface area contributed by atoms with E-state index in [-0.39, 0.29) is 12.2 Å². The highest BCUT2D eigenvalue weighted by Crippen LogP contribution is 2.13. The Labute approximate surface area is 131 Å². The van der Waals surface area contributed by atoms with Gasteiger partial charge in [0.25, 0.3) is 5.78 Å². The summed E-state index contributed by atoms with van der Waals surface area (Å²) in [5, 5.41) is 12.4. The summed E-state index contributed by atoms with van der Waals surface area (Å²) in [5.74, 6) is -1.54. The van der Waals surface area contributed by atoms with Gasteiger partial charge in [0.1, 0.15) is 0 Å². The third-order valence-electron chi connectivity index (χ3n) is 3.34. The molecule has 1 aromatic carbocycles. The molecule has 0 aliphatic carbocycles. The smallest absolute Gasteiger partial charge is 0.269 e. The number of tetrazole rings is 1. The Morgan fingerprint density at radius 2 is 1.91 bits per heavy atom. The lowest BCUT2D eigenvalue weighted by atomic mass is 10.1. The molecule has 0 atom stereocenters. The Balaban J connectivity index is 1.64. The van der Waals surface area contributed by atoms with Crippen LogP contribution in [0.2, 0.25) is 0 Å². The van der Waals surface area contributed by atoms with Crippen molar-refractivity contribution in [2.24, 2.45) is 0 Å². The molecule has 8 nitrogen and oxygen atoms in total. The molecule has 0 aliphatic heterocycles. The number of nitrogens with zero attached hydrogens (tertiary/aromatic N) is 3. The summed E-state index contributed by atoms with van der Waals surface area (Å²) in [6.07, 6.45) is 2.40. The van der Waals surface area contributed by atoms with E-state index in [1.807, 2.05) is 30.3 Å². The second-order valence-electron chi connectivity index (χ2n) is 5.12. The van der Waals surface area contributed by atoms with Crippen molar-refractivity contribution in [3.8, 4) is 0 Å². The predicted molar refractivity (Wildman–Crippen MR) is 81.7 cm³/mol. The highest BCUT2D eigenvalue weighted by molar-refractivity contribution is 6.43. The number of nitrogens with two attached hydrogens (primary N) is 1. The van der Waals surface area contributed by atoms with Crippen molar-refractivity contribution in [2.45, 2.75) is 12.8 Å². The first-order valence-electron chi connectivity index (χ1n) is 6.93. The SMILES string of the molecule is Nc1ccc(Cc2cc(CC(=O)C(=O)c3nn[nH]n3)c[nH]2)cc1. The second kappa shape index (κ2) is 6.22. The highest BCUT2D eigenvalue weighted by atomic mass is 16.2. The molecule has 3 aromatic rings. The van der Waals surface area contributed by atoms with E-state index in [0.717, 1.165) is 16.8 Å². The number of aromatic amines is 2. The molecule has 0 fully saturated rings. The van der Waals surface area contributed by atoms with Gasteiger partial charge in [-0.3, -0.25) is 9.59 Å². The molecule has 116 valence electrons. The van der Waals surface area contributed by atoms with Gasteiger partial charge in [-0.2, -0.15) is 5.21 Å². The summed E-state index contributed by atoms with van der Waals surface area (Å²) < 4.78 is 0. The molecule has 4 N–H and O–H groups in total. The molecular formula is C15H14N6O2. The van der Waals surface area contributed by atoms with Gasteiger partial charge in [0.05, 0.1) is 0 Å². The van der Waals surface area contributed by atoms with Gasteiger partial charge in [-0.15, -0.1) is 10.2 Å². The average molecular weight is 310 g/mol. The quantitative estimate of drug-likeness (QED) is 0.349. The van der Waals surface area contributed by atoms with Gasteiger partial charge in [0, 0.05) is 30.4 Å². The van der Waals surface area contributed by atoms with Crippen LogP contribution in [0.5, 0.6) is 0 Å².